The van der Waals surface area contributed by atoms with Gasteiger partial charge in [-0.2, -0.15) is 0 Å². The molecule has 1 aromatic carbocycles. The summed E-state index contributed by atoms with van der Waals surface area (Å²) in [5.74, 6) is -0.00629. The third-order valence-electron chi connectivity index (χ3n) is 3.42. The van der Waals surface area contributed by atoms with Gasteiger partial charge in [0.1, 0.15) is 4.32 Å². The average Bonchev–Trinajstić information content (AvgIpc) is 3.06. The van der Waals surface area contributed by atoms with Crippen molar-refractivity contribution in [3.8, 4) is 11.5 Å². The number of thioether (sulfide) groups is 1. The van der Waals surface area contributed by atoms with Crippen LogP contribution >= 0.6 is 35.6 Å². The van der Waals surface area contributed by atoms with E-state index in [0.29, 0.717) is 37.7 Å². The lowest BCUT2D eigenvalue weighted by molar-refractivity contribution is -0.137. The highest BCUT2D eigenvalue weighted by atomic mass is 35.5. The van der Waals surface area contributed by atoms with Gasteiger partial charge in [0.15, 0.2) is 11.5 Å². The molecule has 2 aliphatic heterocycles. The van der Waals surface area contributed by atoms with Crippen LogP contribution in [0.5, 0.6) is 11.5 Å². The quantitative estimate of drug-likeness (QED) is 0.616. The van der Waals surface area contributed by atoms with Crippen molar-refractivity contribution in [3.63, 3.8) is 0 Å². The molecule has 126 valence electrons. The van der Waals surface area contributed by atoms with Crippen molar-refractivity contribution in [2.75, 3.05) is 13.3 Å². The lowest BCUT2D eigenvalue weighted by Crippen LogP contribution is -2.29. The molecule has 0 atom stereocenters. The number of fused-ring (bicyclic) bond motifs is 1. The topological polar surface area (TPSA) is 76.1 Å². The molecule has 1 aromatic rings. The first kappa shape index (κ1) is 17.1. The molecule has 9 heteroatoms. The van der Waals surface area contributed by atoms with E-state index in [1.54, 1.807) is 18.2 Å². The van der Waals surface area contributed by atoms with Crippen LogP contribution in [0, 0.1) is 0 Å². The molecule has 2 aliphatic rings. The first-order chi connectivity index (χ1) is 11.5. The summed E-state index contributed by atoms with van der Waals surface area (Å²) in [6.07, 6.45) is 1.99. The van der Waals surface area contributed by atoms with Gasteiger partial charge in [0.05, 0.1) is 9.93 Å². The Bertz CT molecular complexity index is 764. The largest absolute Gasteiger partial charge is 0.481 e. The lowest BCUT2D eigenvalue weighted by atomic mass is 10.2. The Balaban J connectivity index is 1.78. The molecule has 0 aliphatic carbocycles. The maximum absolute atomic E-state index is 12.4. The summed E-state index contributed by atoms with van der Waals surface area (Å²) in [6.45, 7) is 0.421. The minimum atomic E-state index is -0.900. The fourth-order valence-corrected chi connectivity index (χ4v) is 3.77. The van der Waals surface area contributed by atoms with Gasteiger partial charge in [-0.15, -0.1) is 0 Å². The molecule has 3 rings (SSSR count). The summed E-state index contributed by atoms with van der Waals surface area (Å²) in [5.41, 5.74) is 0.631. The summed E-state index contributed by atoms with van der Waals surface area (Å²) in [7, 11) is 0. The van der Waals surface area contributed by atoms with Crippen molar-refractivity contribution in [3.05, 3.63) is 27.6 Å². The number of rotatable bonds is 5. The van der Waals surface area contributed by atoms with Crippen LogP contribution in [-0.4, -0.2) is 39.5 Å². The number of amides is 1. The number of carboxylic acid groups (broad SMARTS) is 1. The van der Waals surface area contributed by atoms with E-state index in [0.717, 1.165) is 0 Å². The van der Waals surface area contributed by atoms with Crippen LogP contribution in [0.25, 0.3) is 6.08 Å². The fraction of sp³-hybridized carbons (Fsp3) is 0.267. The van der Waals surface area contributed by atoms with Crippen LogP contribution in [0.4, 0.5) is 0 Å². The highest BCUT2D eigenvalue weighted by Gasteiger charge is 2.32. The molecule has 1 saturated heterocycles. The second-order valence-corrected chi connectivity index (χ2v) is 7.14. The van der Waals surface area contributed by atoms with Gasteiger partial charge in [0.25, 0.3) is 5.91 Å². The molecular weight excluding hydrogens is 374 g/mol. The summed E-state index contributed by atoms with van der Waals surface area (Å²) in [4.78, 5) is 24.9. The van der Waals surface area contributed by atoms with E-state index in [9.17, 15) is 9.59 Å². The molecule has 0 saturated carbocycles. The second-order valence-electron chi connectivity index (χ2n) is 5.06. The number of carboxylic acids is 1. The molecule has 2 heterocycles. The number of halogens is 1. The van der Waals surface area contributed by atoms with Crippen molar-refractivity contribution in [2.45, 2.75) is 12.8 Å². The molecule has 24 heavy (non-hydrogen) atoms. The third-order valence-corrected chi connectivity index (χ3v) is 5.13. The van der Waals surface area contributed by atoms with Crippen LogP contribution in [0.1, 0.15) is 18.4 Å². The minimum absolute atomic E-state index is 0.00982. The first-order valence-electron chi connectivity index (χ1n) is 7.02. The first-order valence-corrected chi connectivity index (χ1v) is 8.62. The van der Waals surface area contributed by atoms with E-state index < -0.39 is 5.97 Å². The number of benzene rings is 1. The highest BCUT2D eigenvalue weighted by molar-refractivity contribution is 8.26. The van der Waals surface area contributed by atoms with Gasteiger partial charge in [0.2, 0.25) is 6.79 Å². The Labute approximate surface area is 152 Å². The van der Waals surface area contributed by atoms with Gasteiger partial charge in [-0.25, -0.2) is 0 Å². The molecule has 0 bridgehead atoms. The van der Waals surface area contributed by atoms with Crippen molar-refractivity contribution >= 4 is 57.9 Å². The van der Waals surface area contributed by atoms with Crippen molar-refractivity contribution < 1.29 is 24.2 Å². The Morgan fingerprint density at radius 3 is 2.83 bits per heavy atom. The van der Waals surface area contributed by atoms with Crippen molar-refractivity contribution in [1.29, 1.82) is 0 Å². The summed E-state index contributed by atoms with van der Waals surface area (Å²) >= 11 is 12.6. The molecule has 0 spiro atoms. The smallest absolute Gasteiger partial charge is 0.303 e. The Morgan fingerprint density at radius 1 is 1.42 bits per heavy atom. The Kier molecular flexibility index (Phi) is 4.98. The van der Waals surface area contributed by atoms with E-state index in [2.05, 4.69) is 0 Å². The number of nitrogens with zero attached hydrogens (tertiary/aromatic N) is 1. The summed E-state index contributed by atoms with van der Waals surface area (Å²) in [5, 5.41) is 9.12. The van der Waals surface area contributed by atoms with Gasteiger partial charge in [-0.05, 0) is 24.1 Å². The summed E-state index contributed by atoms with van der Waals surface area (Å²) < 4.78 is 11.0. The maximum Gasteiger partial charge on any atom is 0.303 e. The van der Waals surface area contributed by atoms with Crippen LogP contribution < -0.4 is 9.47 Å². The van der Waals surface area contributed by atoms with E-state index in [1.807, 2.05) is 0 Å². The molecule has 1 N–H and O–H groups in total. The van der Waals surface area contributed by atoms with E-state index in [1.165, 1.54) is 16.7 Å². The van der Waals surface area contributed by atoms with Gasteiger partial charge in [0, 0.05) is 19.0 Å². The molecule has 0 aromatic heterocycles. The lowest BCUT2D eigenvalue weighted by Gasteiger charge is -2.13. The fourth-order valence-electron chi connectivity index (χ4n) is 2.27. The Hall–Kier alpha value is -1.77. The highest BCUT2D eigenvalue weighted by Crippen LogP contribution is 2.39. The maximum atomic E-state index is 12.4. The number of ether oxygens (including phenoxy) is 2. The van der Waals surface area contributed by atoms with E-state index >= 15 is 0 Å². The molecular formula is C15H12ClNO5S2. The molecule has 1 amide bonds. The van der Waals surface area contributed by atoms with E-state index in [4.69, 9.17) is 38.4 Å². The van der Waals surface area contributed by atoms with Gasteiger partial charge < -0.3 is 14.6 Å². The SMILES string of the molecule is O=C(O)CCCN1C(=O)/C(=C\c2cc3c(cc2Cl)OCO3)SC1=S. The van der Waals surface area contributed by atoms with Crippen LogP contribution in [-0.2, 0) is 9.59 Å². The number of thiocarbonyl (C=S) groups is 1. The van der Waals surface area contributed by atoms with Crippen LogP contribution in [0.3, 0.4) is 0 Å². The molecule has 1 fully saturated rings. The number of carbonyl (C=O) groups excluding carboxylic acids is 1. The standard InChI is InChI=1S/C15H12ClNO5S2/c16-9-6-11-10(21-7-22-11)4-8(9)5-12-14(20)17(15(23)24-12)3-1-2-13(18)19/h4-6H,1-3,7H2,(H,18,19)/b12-5+. The third kappa shape index (κ3) is 3.50. The zero-order valence-electron chi connectivity index (χ0n) is 12.3. The summed E-state index contributed by atoms with van der Waals surface area (Å²) in [6, 6.07) is 3.35. The number of hydrogen-bond donors (Lipinski definition) is 1. The Morgan fingerprint density at radius 2 is 2.12 bits per heavy atom. The number of hydrogen-bond acceptors (Lipinski definition) is 6. The predicted octanol–water partition coefficient (Wildman–Crippen LogP) is 3.13. The molecule has 0 radical (unpaired) electrons. The van der Waals surface area contributed by atoms with E-state index in [-0.39, 0.29) is 25.7 Å². The number of aliphatic carboxylic acids is 1. The van der Waals surface area contributed by atoms with Crippen molar-refractivity contribution in [1.82, 2.24) is 4.90 Å². The van der Waals surface area contributed by atoms with Crippen LogP contribution in [0.2, 0.25) is 5.02 Å². The van der Waals surface area contributed by atoms with Gasteiger partial charge >= 0.3 is 5.97 Å². The van der Waals surface area contributed by atoms with Gasteiger partial charge in [-0.1, -0.05) is 35.6 Å². The minimum Gasteiger partial charge on any atom is -0.481 e. The molecule has 6 nitrogen and oxygen atoms in total. The predicted molar refractivity (Wildman–Crippen MR) is 94.3 cm³/mol. The normalized spacial score (nSPS) is 17.9. The zero-order valence-corrected chi connectivity index (χ0v) is 14.7. The average molecular weight is 386 g/mol. The monoisotopic (exact) mass is 385 g/mol. The molecule has 0 unspecified atom stereocenters. The van der Waals surface area contributed by atoms with Gasteiger partial charge in [-0.3, -0.25) is 14.5 Å². The van der Waals surface area contributed by atoms with Crippen LogP contribution in [0.15, 0.2) is 17.0 Å². The van der Waals surface area contributed by atoms with Crippen molar-refractivity contribution in [2.24, 2.45) is 0 Å². The number of carbonyl (C=O) groups is 2. The zero-order chi connectivity index (χ0) is 17.3. The second kappa shape index (κ2) is 7.00.